The average molecular weight is 446 g/mol. The summed E-state index contributed by atoms with van der Waals surface area (Å²) in [6.07, 6.45) is -0.223. The summed E-state index contributed by atoms with van der Waals surface area (Å²) in [6, 6.07) is 9.62. The van der Waals surface area contributed by atoms with Crippen LogP contribution in [0.4, 0.5) is 0 Å². The topological polar surface area (TPSA) is 113 Å². The minimum absolute atomic E-state index is 0.0799. The van der Waals surface area contributed by atoms with Gasteiger partial charge in [0.25, 0.3) is 0 Å². The van der Waals surface area contributed by atoms with Gasteiger partial charge in [-0.15, -0.1) is 0 Å². The number of fused-ring (bicyclic) bond motifs is 2. The molecule has 0 aliphatic rings. The molecule has 0 saturated heterocycles. The standard InChI is InChI=1S/C26H25NO6/c1-13-16(4)32-23-15(3)24-19(11-18(13)23)14(2)20(26(31)33-24)12-22(28)27-21(25(29)30)10-17-8-6-5-7-9-17/h5-9,11,21H,10,12H2,1-4H3,(H,27,28)(H,29,30)/p-1/t21-/m0/s1. The van der Waals surface area contributed by atoms with E-state index in [0.717, 1.165) is 27.8 Å². The minimum Gasteiger partial charge on any atom is -0.548 e. The van der Waals surface area contributed by atoms with Crippen molar-refractivity contribution in [2.75, 3.05) is 0 Å². The Morgan fingerprint density at radius 1 is 0.939 bits per heavy atom. The Balaban J connectivity index is 1.67. The fourth-order valence-electron chi connectivity index (χ4n) is 4.15. The summed E-state index contributed by atoms with van der Waals surface area (Å²) in [4.78, 5) is 37.0. The summed E-state index contributed by atoms with van der Waals surface area (Å²) >= 11 is 0. The number of hydrogen-bond donors (Lipinski definition) is 1. The van der Waals surface area contributed by atoms with Crippen LogP contribution in [0.15, 0.2) is 50.0 Å². The molecule has 0 aliphatic heterocycles. The molecule has 7 heteroatoms. The molecule has 0 fully saturated rings. The van der Waals surface area contributed by atoms with Crippen molar-refractivity contribution in [3.63, 3.8) is 0 Å². The summed E-state index contributed by atoms with van der Waals surface area (Å²) in [5, 5.41) is 15.7. The highest BCUT2D eigenvalue weighted by atomic mass is 16.4. The fourth-order valence-corrected chi connectivity index (χ4v) is 4.15. The van der Waals surface area contributed by atoms with Crippen molar-refractivity contribution in [2.24, 2.45) is 0 Å². The van der Waals surface area contributed by atoms with Gasteiger partial charge in [-0.05, 0) is 56.9 Å². The van der Waals surface area contributed by atoms with Crippen LogP contribution in [-0.2, 0) is 22.4 Å². The third kappa shape index (κ3) is 4.14. The molecule has 1 N–H and O–H groups in total. The Morgan fingerprint density at radius 2 is 1.58 bits per heavy atom. The van der Waals surface area contributed by atoms with Crippen LogP contribution in [0.3, 0.4) is 0 Å². The molecule has 0 saturated carbocycles. The van der Waals surface area contributed by atoms with Gasteiger partial charge >= 0.3 is 5.63 Å². The van der Waals surface area contributed by atoms with Crippen LogP contribution in [-0.4, -0.2) is 17.9 Å². The van der Waals surface area contributed by atoms with Crippen LogP contribution in [0.25, 0.3) is 21.9 Å². The van der Waals surface area contributed by atoms with Crippen LogP contribution in [0.2, 0.25) is 0 Å². The third-order valence-electron chi connectivity index (χ3n) is 6.18. The summed E-state index contributed by atoms with van der Waals surface area (Å²) in [5.74, 6) is -1.20. The fraction of sp³-hybridized carbons (Fsp3) is 0.269. The predicted octanol–water partition coefficient (Wildman–Crippen LogP) is 2.79. The van der Waals surface area contributed by atoms with Gasteiger partial charge in [0, 0.05) is 16.3 Å². The number of aliphatic carboxylic acids is 1. The zero-order chi connectivity index (χ0) is 23.9. The molecule has 0 unspecified atom stereocenters. The van der Waals surface area contributed by atoms with Crippen molar-refractivity contribution in [3.8, 4) is 0 Å². The quantitative estimate of drug-likeness (QED) is 0.456. The smallest absolute Gasteiger partial charge is 0.340 e. The third-order valence-corrected chi connectivity index (χ3v) is 6.18. The Morgan fingerprint density at radius 3 is 2.24 bits per heavy atom. The van der Waals surface area contributed by atoms with Crippen LogP contribution < -0.4 is 16.0 Å². The molecule has 33 heavy (non-hydrogen) atoms. The predicted molar refractivity (Wildman–Crippen MR) is 122 cm³/mol. The molecule has 2 heterocycles. The van der Waals surface area contributed by atoms with Crippen molar-refractivity contribution in [2.45, 2.75) is 46.6 Å². The molecule has 4 aromatic rings. The highest BCUT2D eigenvalue weighted by Gasteiger charge is 2.21. The first-order valence-electron chi connectivity index (χ1n) is 10.7. The minimum atomic E-state index is -1.39. The number of amides is 1. The number of carbonyl (C=O) groups is 2. The molecule has 2 aromatic heterocycles. The Labute approximate surface area is 190 Å². The van der Waals surface area contributed by atoms with Crippen molar-refractivity contribution in [3.05, 3.63) is 80.4 Å². The molecule has 0 radical (unpaired) electrons. The van der Waals surface area contributed by atoms with Gasteiger partial charge in [0.15, 0.2) is 0 Å². The van der Waals surface area contributed by atoms with Crippen LogP contribution >= 0.6 is 0 Å². The van der Waals surface area contributed by atoms with E-state index in [9.17, 15) is 19.5 Å². The monoisotopic (exact) mass is 446 g/mol. The van der Waals surface area contributed by atoms with Crippen molar-refractivity contribution in [1.82, 2.24) is 5.32 Å². The zero-order valence-corrected chi connectivity index (χ0v) is 18.9. The molecule has 2 aromatic carbocycles. The van der Waals surface area contributed by atoms with Crippen molar-refractivity contribution >= 4 is 33.8 Å². The molecule has 4 rings (SSSR count). The van der Waals surface area contributed by atoms with E-state index in [0.29, 0.717) is 22.1 Å². The van der Waals surface area contributed by atoms with Gasteiger partial charge < -0.3 is 24.1 Å². The van der Waals surface area contributed by atoms with E-state index < -0.39 is 23.5 Å². The van der Waals surface area contributed by atoms with E-state index in [1.807, 2.05) is 32.9 Å². The van der Waals surface area contributed by atoms with Crippen LogP contribution in [0.5, 0.6) is 0 Å². The van der Waals surface area contributed by atoms with E-state index in [2.05, 4.69) is 5.32 Å². The molecule has 7 nitrogen and oxygen atoms in total. The summed E-state index contributed by atoms with van der Waals surface area (Å²) in [6.45, 7) is 7.43. The average Bonchev–Trinajstić information content (AvgIpc) is 3.06. The largest absolute Gasteiger partial charge is 0.548 e. The van der Waals surface area contributed by atoms with E-state index in [1.165, 1.54) is 0 Å². The highest BCUT2D eigenvalue weighted by molar-refractivity contribution is 6.00. The molecule has 1 atom stereocenters. The molecule has 0 spiro atoms. The second kappa shape index (κ2) is 8.58. The van der Waals surface area contributed by atoms with Gasteiger partial charge in [-0.25, -0.2) is 4.79 Å². The lowest BCUT2D eigenvalue weighted by Crippen LogP contribution is -2.49. The number of carboxylic acid groups (broad SMARTS) is 1. The molecule has 170 valence electrons. The second-order valence-corrected chi connectivity index (χ2v) is 8.34. The number of carboxylic acids is 1. The lowest BCUT2D eigenvalue weighted by atomic mass is 9.98. The second-order valence-electron chi connectivity index (χ2n) is 8.34. The summed E-state index contributed by atoms with van der Waals surface area (Å²) in [5.41, 5.74) is 3.72. The molecular weight excluding hydrogens is 422 g/mol. The number of carbonyl (C=O) groups excluding carboxylic acids is 2. The lowest BCUT2D eigenvalue weighted by Gasteiger charge is -2.20. The molecular formula is C26H24NO6-. The number of aryl methyl sites for hydroxylation is 4. The Bertz CT molecular complexity index is 1450. The van der Waals surface area contributed by atoms with E-state index in [-0.39, 0.29) is 18.4 Å². The lowest BCUT2D eigenvalue weighted by molar-refractivity contribution is -0.308. The first-order chi connectivity index (χ1) is 15.7. The number of nitrogens with one attached hydrogen (secondary N) is 1. The van der Waals surface area contributed by atoms with Gasteiger partial charge in [0.1, 0.15) is 16.9 Å². The SMILES string of the molecule is Cc1oc2c(C)c3oc(=O)c(CC(=O)N[C@@H](Cc4ccccc4)C(=O)[O-])c(C)c3cc2c1C. The number of rotatable bonds is 6. The van der Waals surface area contributed by atoms with Gasteiger partial charge in [0.05, 0.1) is 24.0 Å². The normalized spacial score (nSPS) is 12.2. The number of hydrogen-bond acceptors (Lipinski definition) is 6. The van der Waals surface area contributed by atoms with Crippen molar-refractivity contribution in [1.29, 1.82) is 0 Å². The number of benzene rings is 2. The zero-order valence-electron chi connectivity index (χ0n) is 18.9. The summed E-state index contributed by atoms with van der Waals surface area (Å²) < 4.78 is 11.4. The van der Waals surface area contributed by atoms with Crippen molar-refractivity contribution < 1.29 is 23.5 Å². The van der Waals surface area contributed by atoms with Gasteiger partial charge in [-0.1, -0.05) is 30.3 Å². The first-order valence-corrected chi connectivity index (χ1v) is 10.7. The maximum Gasteiger partial charge on any atom is 0.340 e. The van der Waals surface area contributed by atoms with Gasteiger partial charge in [-0.2, -0.15) is 0 Å². The summed E-state index contributed by atoms with van der Waals surface area (Å²) in [7, 11) is 0. The Kier molecular flexibility index (Phi) is 5.80. The maximum absolute atomic E-state index is 12.8. The van der Waals surface area contributed by atoms with Gasteiger partial charge in [-0.3, -0.25) is 4.79 Å². The van der Waals surface area contributed by atoms with E-state index >= 15 is 0 Å². The van der Waals surface area contributed by atoms with E-state index in [4.69, 9.17) is 8.83 Å². The maximum atomic E-state index is 12.8. The Hall–Kier alpha value is -3.87. The first kappa shape index (κ1) is 22.3. The molecule has 0 bridgehead atoms. The van der Waals surface area contributed by atoms with Gasteiger partial charge in [0.2, 0.25) is 5.91 Å². The number of furan rings is 1. The van der Waals surface area contributed by atoms with Crippen LogP contribution in [0.1, 0.15) is 33.6 Å². The van der Waals surface area contributed by atoms with Crippen LogP contribution in [0, 0.1) is 27.7 Å². The molecule has 0 aliphatic carbocycles. The highest BCUT2D eigenvalue weighted by Crippen LogP contribution is 2.34. The molecule has 1 amide bonds. The van der Waals surface area contributed by atoms with E-state index in [1.54, 1.807) is 31.2 Å².